The Labute approximate surface area is 212 Å². The minimum absolute atomic E-state index is 0.129. The van der Waals surface area contributed by atoms with Crippen molar-refractivity contribution in [3.05, 3.63) is 65.4 Å². The summed E-state index contributed by atoms with van der Waals surface area (Å²) in [6.45, 7) is 0. The number of nitrogens with two attached hydrogens (primary N) is 1. The maximum Gasteiger partial charge on any atom is 0.225 e. The van der Waals surface area contributed by atoms with Crippen molar-refractivity contribution in [2.45, 2.75) is 0 Å². The summed E-state index contributed by atoms with van der Waals surface area (Å²) in [7, 11) is 3.76. The van der Waals surface area contributed by atoms with Crippen molar-refractivity contribution < 1.29 is 8.83 Å². The molecule has 6 aromatic heterocycles. The van der Waals surface area contributed by atoms with Crippen LogP contribution in [0.1, 0.15) is 0 Å². The van der Waals surface area contributed by atoms with Crippen molar-refractivity contribution >= 4 is 74.5 Å². The van der Waals surface area contributed by atoms with E-state index in [0.29, 0.717) is 39.7 Å². The van der Waals surface area contributed by atoms with Crippen LogP contribution in [0, 0.1) is 0 Å². The van der Waals surface area contributed by atoms with E-state index in [4.69, 9.17) is 49.4 Å². The molecule has 15 heteroatoms. The molecule has 0 radical (unpaired) electrons. The molecule has 35 heavy (non-hydrogen) atoms. The van der Waals surface area contributed by atoms with Crippen LogP contribution in [0.2, 0.25) is 15.7 Å². The minimum atomic E-state index is 0.129. The molecule has 0 bridgehead atoms. The molecule has 0 fully saturated rings. The average molecular weight is 536 g/mol. The number of fused-ring (bicyclic) bond motifs is 2. The van der Waals surface area contributed by atoms with E-state index >= 15 is 0 Å². The van der Waals surface area contributed by atoms with Crippen LogP contribution in [0.4, 0.5) is 17.5 Å². The van der Waals surface area contributed by atoms with Crippen LogP contribution in [0.15, 0.2) is 58.5 Å². The zero-order valence-electron chi connectivity index (χ0n) is 18.2. The van der Waals surface area contributed by atoms with Crippen LogP contribution in [-0.2, 0) is 14.1 Å². The van der Waals surface area contributed by atoms with Crippen LogP contribution in [0.3, 0.4) is 0 Å². The number of aryl methyl sites for hydroxylation is 2. The van der Waals surface area contributed by atoms with Crippen molar-refractivity contribution in [3.8, 4) is 0 Å². The first-order chi connectivity index (χ1) is 16.8. The number of nitrogens with one attached hydrogen (secondary N) is 1. The lowest BCUT2D eigenvalue weighted by atomic mass is 10.4. The number of aromatic nitrogens is 8. The monoisotopic (exact) mass is 534 g/mol. The summed E-state index contributed by atoms with van der Waals surface area (Å²) in [6, 6.07) is 3.40. The highest BCUT2D eigenvalue weighted by Crippen LogP contribution is 2.25. The van der Waals surface area contributed by atoms with Crippen molar-refractivity contribution in [1.82, 2.24) is 39.0 Å². The van der Waals surface area contributed by atoms with Crippen LogP contribution in [0.5, 0.6) is 0 Å². The fourth-order valence-electron chi connectivity index (χ4n) is 2.75. The Hall–Kier alpha value is -3.87. The number of rotatable bonds is 2. The molecule has 0 aliphatic carbocycles. The predicted octanol–water partition coefficient (Wildman–Crippen LogP) is 4.89. The Balaban J connectivity index is 0.000000137. The first-order valence-corrected chi connectivity index (χ1v) is 10.9. The fraction of sp³-hybridized carbons (Fsp3) is 0.100. The van der Waals surface area contributed by atoms with Gasteiger partial charge in [0, 0.05) is 38.6 Å². The molecule has 180 valence electrons. The highest BCUT2D eigenvalue weighted by molar-refractivity contribution is 6.35. The number of hydrogen-bond donors (Lipinski definition) is 2. The number of anilines is 3. The topological polar surface area (TPSA) is 152 Å². The zero-order valence-corrected chi connectivity index (χ0v) is 20.5. The molecular formula is C20H17Cl3N10O2. The van der Waals surface area contributed by atoms with Crippen LogP contribution in [0.25, 0.3) is 22.2 Å². The summed E-state index contributed by atoms with van der Waals surface area (Å²) in [4.78, 5) is 23.6. The Morgan fingerprint density at radius 3 is 1.97 bits per heavy atom. The molecule has 0 saturated carbocycles. The van der Waals surface area contributed by atoms with E-state index in [0.717, 1.165) is 0 Å². The van der Waals surface area contributed by atoms with Crippen molar-refractivity contribution in [2.75, 3.05) is 11.1 Å². The molecule has 0 aliphatic rings. The summed E-state index contributed by atoms with van der Waals surface area (Å²) in [5.74, 6) is 1.74. The molecule has 0 amide bonds. The van der Waals surface area contributed by atoms with Gasteiger partial charge in [0.05, 0.1) is 25.2 Å². The lowest BCUT2D eigenvalue weighted by molar-refractivity contribution is 0.613. The Morgan fingerprint density at radius 1 is 0.800 bits per heavy atom. The second-order valence-corrected chi connectivity index (χ2v) is 7.94. The van der Waals surface area contributed by atoms with E-state index in [1.54, 1.807) is 41.8 Å². The SMILES string of the molecule is Clc1nc(Cl)c2occc2n1.Cn1cnc(N)c1.Cn1cnc(Nc2nc(Cl)nc3ccoc23)c1. The highest BCUT2D eigenvalue weighted by Gasteiger charge is 2.10. The maximum absolute atomic E-state index is 5.82. The van der Waals surface area contributed by atoms with Crippen molar-refractivity contribution in [2.24, 2.45) is 14.1 Å². The summed E-state index contributed by atoms with van der Waals surface area (Å²) < 4.78 is 13.9. The fourth-order valence-corrected chi connectivity index (χ4v) is 3.37. The minimum Gasteiger partial charge on any atom is -0.459 e. The van der Waals surface area contributed by atoms with Crippen molar-refractivity contribution in [3.63, 3.8) is 0 Å². The average Bonchev–Trinajstić information content (AvgIpc) is 3.58. The highest BCUT2D eigenvalue weighted by atomic mass is 35.5. The van der Waals surface area contributed by atoms with Gasteiger partial charge in [0.1, 0.15) is 22.7 Å². The molecular weight excluding hydrogens is 519 g/mol. The zero-order chi connectivity index (χ0) is 24.9. The van der Waals surface area contributed by atoms with Gasteiger partial charge in [0.15, 0.2) is 22.1 Å². The predicted molar refractivity (Wildman–Crippen MR) is 133 cm³/mol. The molecule has 0 spiro atoms. The van der Waals surface area contributed by atoms with Gasteiger partial charge < -0.3 is 29.0 Å². The molecule has 6 rings (SSSR count). The molecule has 0 saturated heterocycles. The summed E-state index contributed by atoms with van der Waals surface area (Å²) in [6.07, 6.45) is 9.95. The summed E-state index contributed by atoms with van der Waals surface area (Å²) in [5.41, 5.74) is 7.55. The van der Waals surface area contributed by atoms with E-state index in [1.807, 2.05) is 24.9 Å². The maximum atomic E-state index is 5.82. The number of nitrogens with zero attached hydrogens (tertiary/aromatic N) is 8. The lowest BCUT2D eigenvalue weighted by Crippen LogP contribution is -1.96. The van der Waals surface area contributed by atoms with Gasteiger partial charge in [-0.15, -0.1) is 0 Å². The molecule has 6 aromatic rings. The molecule has 12 nitrogen and oxygen atoms in total. The summed E-state index contributed by atoms with van der Waals surface area (Å²) in [5, 5.41) is 3.57. The first-order valence-electron chi connectivity index (χ1n) is 9.74. The Bertz CT molecular complexity index is 1560. The third-order valence-electron chi connectivity index (χ3n) is 4.19. The third kappa shape index (κ3) is 6.18. The van der Waals surface area contributed by atoms with Crippen LogP contribution in [-0.4, -0.2) is 39.0 Å². The van der Waals surface area contributed by atoms with Gasteiger partial charge in [-0.3, -0.25) is 0 Å². The number of halogens is 3. The third-order valence-corrected chi connectivity index (χ3v) is 4.78. The molecule has 3 N–H and O–H groups in total. The van der Waals surface area contributed by atoms with Crippen LogP contribution < -0.4 is 11.1 Å². The van der Waals surface area contributed by atoms with Gasteiger partial charge in [0.25, 0.3) is 0 Å². The number of furan rings is 2. The van der Waals surface area contributed by atoms with E-state index in [1.165, 1.54) is 6.26 Å². The van der Waals surface area contributed by atoms with Gasteiger partial charge in [-0.1, -0.05) is 11.6 Å². The number of imidazole rings is 2. The van der Waals surface area contributed by atoms with E-state index in [-0.39, 0.29) is 15.7 Å². The van der Waals surface area contributed by atoms with E-state index in [9.17, 15) is 0 Å². The Kier molecular flexibility index (Phi) is 7.34. The van der Waals surface area contributed by atoms with Gasteiger partial charge in [-0.2, -0.15) is 4.98 Å². The van der Waals surface area contributed by atoms with E-state index < -0.39 is 0 Å². The van der Waals surface area contributed by atoms with Gasteiger partial charge in [-0.25, -0.2) is 24.9 Å². The molecule has 6 heterocycles. The van der Waals surface area contributed by atoms with Crippen LogP contribution >= 0.6 is 34.8 Å². The number of nitrogen functional groups attached to an aromatic ring is 1. The smallest absolute Gasteiger partial charge is 0.225 e. The Morgan fingerprint density at radius 2 is 1.40 bits per heavy atom. The normalized spacial score (nSPS) is 10.5. The number of hydrogen-bond acceptors (Lipinski definition) is 10. The molecule has 0 aromatic carbocycles. The molecule has 0 unspecified atom stereocenters. The molecule has 0 aliphatic heterocycles. The summed E-state index contributed by atoms with van der Waals surface area (Å²) >= 11 is 17.0. The lowest BCUT2D eigenvalue weighted by Gasteiger charge is -2.02. The van der Waals surface area contributed by atoms with E-state index in [2.05, 4.69) is 35.2 Å². The largest absolute Gasteiger partial charge is 0.459 e. The second-order valence-electron chi connectivity index (χ2n) is 6.91. The standard InChI is InChI=1S/C10H8ClN5O.C6H2Cl2N2O.C4H7N3/c1-16-4-7(12-5-16)14-9-8-6(2-3-17-8)13-10(11)15-9;7-5-4-3(1-2-11-4)9-6(8)10-5;1-7-2-4(5)6-3-7/h2-5H,1H3,(H,13,14,15);1-2H;2-3H,5H2,1H3. The molecule has 0 atom stereocenters. The van der Waals surface area contributed by atoms with Gasteiger partial charge in [-0.05, 0) is 23.2 Å². The second kappa shape index (κ2) is 10.6. The van der Waals surface area contributed by atoms with Gasteiger partial charge >= 0.3 is 0 Å². The first kappa shape index (κ1) is 24.3. The van der Waals surface area contributed by atoms with Crippen molar-refractivity contribution in [1.29, 1.82) is 0 Å². The quantitative estimate of drug-likeness (QED) is 0.232. The van der Waals surface area contributed by atoms with Gasteiger partial charge in [0.2, 0.25) is 10.6 Å².